The van der Waals surface area contributed by atoms with Crippen LogP contribution in [0.15, 0.2) is 18.6 Å². The van der Waals surface area contributed by atoms with Gasteiger partial charge in [0.2, 0.25) is 0 Å². The molecule has 164 valence electrons. The molecule has 1 saturated heterocycles. The van der Waals surface area contributed by atoms with Crippen LogP contribution in [0.5, 0.6) is 0 Å². The highest BCUT2D eigenvalue weighted by molar-refractivity contribution is 5.66. The first-order chi connectivity index (χ1) is 15.1. The molecule has 1 aliphatic heterocycles. The van der Waals surface area contributed by atoms with Crippen molar-refractivity contribution in [3.63, 3.8) is 0 Å². The summed E-state index contributed by atoms with van der Waals surface area (Å²) in [6.45, 7) is 7.25. The van der Waals surface area contributed by atoms with E-state index >= 15 is 0 Å². The predicted octanol–water partition coefficient (Wildman–Crippen LogP) is 3.25. The Bertz CT molecular complexity index is 1030. The zero-order chi connectivity index (χ0) is 21.8. The second kappa shape index (κ2) is 9.31. The Morgan fingerprint density at radius 3 is 2.65 bits per heavy atom. The third-order valence-electron chi connectivity index (χ3n) is 6.04. The molecule has 0 radical (unpaired) electrons. The van der Waals surface area contributed by atoms with Crippen LogP contribution in [0.3, 0.4) is 0 Å². The first-order valence-electron chi connectivity index (χ1n) is 11.0. The number of fused-ring (bicyclic) bond motifs is 1. The van der Waals surface area contributed by atoms with Crippen LogP contribution in [0.2, 0.25) is 0 Å². The predicted molar refractivity (Wildman–Crippen MR) is 119 cm³/mol. The number of nitrogens with zero attached hydrogens (tertiary/aromatic N) is 7. The van der Waals surface area contributed by atoms with Gasteiger partial charge in [0.1, 0.15) is 6.33 Å². The number of rotatable bonds is 8. The van der Waals surface area contributed by atoms with Gasteiger partial charge >= 0.3 is 0 Å². The van der Waals surface area contributed by atoms with E-state index < -0.39 is 0 Å². The lowest BCUT2D eigenvalue weighted by molar-refractivity contribution is 0.0735. The number of anilines is 3. The summed E-state index contributed by atoms with van der Waals surface area (Å²) in [6.07, 6.45) is 8.08. The minimum absolute atomic E-state index is 0.282. The highest BCUT2D eigenvalue weighted by atomic mass is 15.3. The summed E-state index contributed by atoms with van der Waals surface area (Å²) in [5, 5.41) is 27.4. The Hall–Kier alpha value is -3.19. The largest absolute Gasteiger partial charge is 0.364 e. The van der Waals surface area contributed by atoms with Crippen LogP contribution in [0.4, 0.5) is 17.5 Å². The fourth-order valence-corrected chi connectivity index (χ4v) is 4.58. The lowest BCUT2D eigenvalue weighted by Crippen LogP contribution is -2.52. The fraction of sp³-hybridized carbons (Fsp3) is 0.571. The Morgan fingerprint density at radius 1 is 1.23 bits per heavy atom. The van der Waals surface area contributed by atoms with Crippen molar-refractivity contribution in [3.05, 3.63) is 24.3 Å². The molecule has 10 heteroatoms. The zero-order valence-corrected chi connectivity index (χ0v) is 18.3. The van der Waals surface area contributed by atoms with Crippen LogP contribution < -0.4 is 10.6 Å². The highest BCUT2D eigenvalue weighted by Gasteiger charge is 2.34. The van der Waals surface area contributed by atoms with E-state index in [2.05, 4.69) is 55.7 Å². The van der Waals surface area contributed by atoms with Crippen molar-refractivity contribution in [1.29, 1.82) is 5.26 Å². The number of piperidine rings is 1. The zero-order valence-electron chi connectivity index (χ0n) is 18.3. The Morgan fingerprint density at radius 2 is 2.00 bits per heavy atom. The highest BCUT2D eigenvalue weighted by Crippen LogP contribution is 2.30. The lowest BCUT2D eigenvalue weighted by Gasteiger charge is -2.45. The molecule has 1 aliphatic rings. The van der Waals surface area contributed by atoms with Gasteiger partial charge in [-0.1, -0.05) is 13.8 Å². The van der Waals surface area contributed by atoms with E-state index in [1.165, 1.54) is 0 Å². The maximum atomic E-state index is 9.05. The molecule has 1 fully saturated rings. The van der Waals surface area contributed by atoms with E-state index in [0.29, 0.717) is 35.8 Å². The quantitative estimate of drug-likeness (QED) is 0.505. The van der Waals surface area contributed by atoms with Crippen molar-refractivity contribution in [1.82, 2.24) is 34.7 Å². The number of H-pyrrole nitrogens is 1. The van der Waals surface area contributed by atoms with Gasteiger partial charge in [-0.05, 0) is 32.6 Å². The smallest absolute Gasteiger partial charge is 0.198 e. The molecule has 3 aromatic heterocycles. The van der Waals surface area contributed by atoms with Crippen LogP contribution in [0.1, 0.15) is 51.6 Å². The molecule has 0 aliphatic carbocycles. The Labute approximate surface area is 182 Å². The number of aromatic amines is 1. The topological polar surface area (TPSA) is 123 Å². The summed E-state index contributed by atoms with van der Waals surface area (Å²) in [5.41, 5.74) is 1.68. The van der Waals surface area contributed by atoms with Gasteiger partial charge in [0.25, 0.3) is 0 Å². The molecule has 0 saturated carbocycles. The number of aryl methyl sites for hydroxylation is 1. The number of hydrogen-bond donors (Lipinski definition) is 3. The van der Waals surface area contributed by atoms with Crippen LogP contribution >= 0.6 is 0 Å². The molecule has 0 amide bonds. The molecule has 2 atom stereocenters. The molecule has 4 heterocycles. The molecular weight excluding hydrogens is 392 g/mol. The minimum atomic E-state index is 0.282. The van der Waals surface area contributed by atoms with Gasteiger partial charge in [0, 0.05) is 42.9 Å². The van der Waals surface area contributed by atoms with Crippen molar-refractivity contribution >= 4 is 23.1 Å². The molecule has 2 unspecified atom stereocenters. The molecular formula is C21H30N10. The van der Waals surface area contributed by atoms with Gasteiger partial charge < -0.3 is 10.6 Å². The average molecular weight is 423 g/mol. The van der Waals surface area contributed by atoms with Gasteiger partial charge in [-0.15, -0.1) is 0 Å². The number of aromatic nitrogens is 6. The second-order valence-electron chi connectivity index (χ2n) is 8.15. The van der Waals surface area contributed by atoms with Gasteiger partial charge in [-0.3, -0.25) is 10.00 Å². The van der Waals surface area contributed by atoms with Crippen LogP contribution in [0.25, 0.3) is 5.65 Å². The van der Waals surface area contributed by atoms with Crippen LogP contribution in [0, 0.1) is 18.3 Å². The summed E-state index contributed by atoms with van der Waals surface area (Å²) in [4.78, 5) is 11.7. The maximum absolute atomic E-state index is 9.05. The maximum Gasteiger partial charge on any atom is 0.198 e. The SMILES string of the molecule is CCC1CC(Nc2nc(Nc3cc(C)[nH]n3)cn3ncnc23)CC(CC)N1CCC#N. The van der Waals surface area contributed by atoms with E-state index in [0.717, 1.165) is 43.7 Å². The van der Waals surface area contributed by atoms with Crippen LogP contribution in [-0.4, -0.2) is 59.3 Å². The minimum Gasteiger partial charge on any atom is -0.364 e. The third-order valence-corrected chi connectivity index (χ3v) is 6.04. The molecule has 31 heavy (non-hydrogen) atoms. The molecule has 0 bridgehead atoms. The van der Waals surface area contributed by atoms with Crippen molar-refractivity contribution in [2.45, 2.75) is 71.0 Å². The molecule has 3 aromatic rings. The molecule has 10 nitrogen and oxygen atoms in total. The van der Waals surface area contributed by atoms with E-state index in [1.807, 2.05) is 19.2 Å². The van der Waals surface area contributed by atoms with Gasteiger partial charge in [0.05, 0.1) is 12.3 Å². The summed E-state index contributed by atoms with van der Waals surface area (Å²) >= 11 is 0. The van der Waals surface area contributed by atoms with E-state index in [4.69, 9.17) is 10.2 Å². The van der Waals surface area contributed by atoms with Gasteiger partial charge in [-0.2, -0.15) is 15.5 Å². The van der Waals surface area contributed by atoms with Gasteiger partial charge in [0.15, 0.2) is 23.1 Å². The molecule has 0 spiro atoms. The third kappa shape index (κ3) is 4.61. The lowest BCUT2D eigenvalue weighted by atomic mass is 9.88. The second-order valence-corrected chi connectivity index (χ2v) is 8.15. The number of nitrogens with one attached hydrogen (secondary N) is 3. The first-order valence-corrected chi connectivity index (χ1v) is 11.0. The van der Waals surface area contributed by atoms with Crippen molar-refractivity contribution in [3.8, 4) is 6.07 Å². The monoisotopic (exact) mass is 422 g/mol. The van der Waals surface area contributed by atoms with Crippen LogP contribution in [-0.2, 0) is 0 Å². The molecule has 3 N–H and O–H groups in total. The first kappa shape index (κ1) is 21.1. The van der Waals surface area contributed by atoms with Crippen molar-refractivity contribution < 1.29 is 0 Å². The standard InChI is InChI=1S/C21H30N10/c1-4-16-10-15(11-17(5-2)30(16)8-6-7-22)25-20-21-23-13-24-31(21)12-19(27-20)26-18-9-14(3)28-29-18/h9,12-13,15-17H,4-6,8,10-11H2,1-3H3,(H,25,27)(H2,26,28,29). The average Bonchev–Trinajstić information content (AvgIpc) is 3.41. The number of nitriles is 1. The molecule has 4 rings (SSSR count). The van der Waals surface area contributed by atoms with E-state index in [1.54, 1.807) is 10.8 Å². The number of hydrogen-bond acceptors (Lipinski definition) is 8. The normalized spacial score (nSPS) is 21.8. The number of likely N-dealkylation sites (tertiary alicyclic amines) is 1. The fourth-order valence-electron chi connectivity index (χ4n) is 4.58. The Balaban J connectivity index is 1.56. The van der Waals surface area contributed by atoms with E-state index in [9.17, 15) is 0 Å². The van der Waals surface area contributed by atoms with Gasteiger partial charge in [-0.25, -0.2) is 14.5 Å². The summed E-state index contributed by atoms with van der Waals surface area (Å²) in [6, 6.07) is 5.41. The van der Waals surface area contributed by atoms with Crippen molar-refractivity contribution in [2.75, 3.05) is 17.2 Å². The van der Waals surface area contributed by atoms with Crippen molar-refractivity contribution in [2.24, 2.45) is 0 Å². The van der Waals surface area contributed by atoms with E-state index in [-0.39, 0.29) is 6.04 Å². The Kier molecular flexibility index (Phi) is 6.32. The molecule has 0 aromatic carbocycles. The summed E-state index contributed by atoms with van der Waals surface area (Å²) in [7, 11) is 0. The summed E-state index contributed by atoms with van der Waals surface area (Å²) < 4.78 is 1.73. The summed E-state index contributed by atoms with van der Waals surface area (Å²) in [5.74, 6) is 2.07.